The van der Waals surface area contributed by atoms with Crippen molar-refractivity contribution in [2.75, 3.05) is 23.8 Å². The van der Waals surface area contributed by atoms with Crippen LogP contribution in [-0.2, 0) is 11.3 Å². The van der Waals surface area contributed by atoms with Gasteiger partial charge in [-0.3, -0.25) is 0 Å². The first kappa shape index (κ1) is 20.2. The molecule has 5 rings (SSSR count). The van der Waals surface area contributed by atoms with Crippen molar-refractivity contribution in [3.8, 4) is 11.5 Å². The van der Waals surface area contributed by atoms with E-state index in [0.29, 0.717) is 47.2 Å². The lowest BCUT2D eigenvalue weighted by atomic mass is 10.0. The number of para-hydroxylation sites is 1. The van der Waals surface area contributed by atoms with Gasteiger partial charge in [0, 0.05) is 5.69 Å². The van der Waals surface area contributed by atoms with Crippen LogP contribution < -0.4 is 25.4 Å². The van der Waals surface area contributed by atoms with Crippen LogP contribution in [-0.4, -0.2) is 29.3 Å². The summed E-state index contributed by atoms with van der Waals surface area (Å²) in [4.78, 5) is 20.4. The van der Waals surface area contributed by atoms with Crippen LogP contribution >= 0.6 is 11.6 Å². The normalized spacial score (nSPS) is 16.8. The Labute approximate surface area is 189 Å². The van der Waals surface area contributed by atoms with Gasteiger partial charge in [0.1, 0.15) is 24.8 Å². The van der Waals surface area contributed by atoms with Crippen molar-refractivity contribution in [3.05, 3.63) is 58.7 Å². The smallest absolute Gasteiger partial charge is 0.407 e. The topological polar surface area (TPSA) is 107 Å². The van der Waals surface area contributed by atoms with E-state index >= 15 is 0 Å². The minimum Gasteiger partial charge on any atom is -0.486 e. The van der Waals surface area contributed by atoms with Crippen molar-refractivity contribution >= 4 is 40.8 Å². The molecule has 0 unspecified atom stereocenters. The number of fused-ring (bicyclic) bond motifs is 2. The van der Waals surface area contributed by atoms with Crippen molar-refractivity contribution in [2.45, 2.75) is 19.6 Å². The fraction of sp³-hybridized carbons (Fsp3) is 0.227. The summed E-state index contributed by atoms with van der Waals surface area (Å²) in [5, 5.41) is 9.55. The number of rotatable bonds is 4. The summed E-state index contributed by atoms with van der Waals surface area (Å²) in [6.45, 7) is 3.11. The lowest BCUT2D eigenvalue weighted by molar-refractivity contribution is 0.141. The zero-order chi connectivity index (χ0) is 22.1. The van der Waals surface area contributed by atoms with Gasteiger partial charge in [-0.05, 0) is 42.3 Å². The maximum atomic E-state index is 11.6. The van der Waals surface area contributed by atoms with Gasteiger partial charge in [0.2, 0.25) is 5.95 Å². The van der Waals surface area contributed by atoms with E-state index in [1.807, 2.05) is 43.3 Å². The first-order chi connectivity index (χ1) is 15.6. The number of anilines is 4. The van der Waals surface area contributed by atoms with Crippen LogP contribution in [0, 0.1) is 0 Å². The summed E-state index contributed by atoms with van der Waals surface area (Å²) < 4.78 is 16.5. The predicted molar refractivity (Wildman–Crippen MR) is 119 cm³/mol. The van der Waals surface area contributed by atoms with E-state index in [0.717, 1.165) is 16.8 Å². The molecule has 0 radical (unpaired) electrons. The number of halogens is 1. The molecule has 0 fully saturated rings. The Hall–Kier alpha value is -3.72. The lowest BCUT2D eigenvalue weighted by Gasteiger charge is -2.21. The average molecular weight is 454 g/mol. The summed E-state index contributed by atoms with van der Waals surface area (Å²) in [7, 11) is 0. The number of alkyl carbamates (subject to hydrolysis) is 1. The van der Waals surface area contributed by atoms with Gasteiger partial charge >= 0.3 is 6.09 Å². The van der Waals surface area contributed by atoms with Crippen LogP contribution in [0.2, 0.25) is 5.02 Å². The zero-order valence-electron chi connectivity index (χ0n) is 17.1. The number of hydrogen-bond acceptors (Lipinski definition) is 8. The second-order valence-electron chi connectivity index (χ2n) is 7.33. The molecule has 1 aromatic heterocycles. The molecular weight excluding hydrogens is 434 g/mol. The van der Waals surface area contributed by atoms with E-state index in [4.69, 9.17) is 25.8 Å². The Kier molecular flexibility index (Phi) is 5.32. The third-order valence-corrected chi connectivity index (χ3v) is 5.40. The number of aromatic nitrogens is 2. The van der Waals surface area contributed by atoms with E-state index in [1.54, 1.807) is 0 Å². The Balaban J connectivity index is 1.39. The molecule has 2 aliphatic heterocycles. The molecular formula is C22H20ClN5O4. The van der Waals surface area contributed by atoms with Crippen LogP contribution in [0.4, 0.5) is 27.9 Å². The molecule has 3 aromatic rings. The second kappa shape index (κ2) is 8.43. The fourth-order valence-electron chi connectivity index (χ4n) is 3.59. The molecule has 2 aromatic carbocycles. The van der Waals surface area contributed by atoms with Crippen molar-refractivity contribution in [1.29, 1.82) is 0 Å². The first-order valence-corrected chi connectivity index (χ1v) is 10.5. The highest BCUT2D eigenvalue weighted by Crippen LogP contribution is 2.39. The maximum Gasteiger partial charge on any atom is 0.407 e. The predicted octanol–water partition coefficient (Wildman–Crippen LogP) is 4.69. The van der Waals surface area contributed by atoms with E-state index < -0.39 is 6.09 Å². The van der Waals surface area contributed by atoms with Gasteiger partial charge in [-0.15, -0.1) is 0 Å². The van der Waals surface area contributed by atoms with Crippen molar-refractivity contribution in [1.82, 2.24) is 15.3 Å². The van der Waals surface area contributed by atoms with E-state index in [9.17, 15) is 4.79 Å². The van der Waals surface area contributed by atoms with Crippen LogP contribution in [0.5, 0.6) is 11.5 Å². The molecule has 0 saturated carbocycles. The Morgan fingerprint density at radius 2 is 2.00 bits per heavy atom. The standard InChI is InChI=1S/C22H20ClN5O4/c1-12-15-9-14(6-5-13(15)11-32-22(29)25-12)26-21-24-10-16(23)20(28-21)27-17-3-2-4-18-19(17)31-8-7-30-18/h2-6,9-10,12H,7-8,11H2,1H3,(H,25,29)(H2,24,26,27,28)/t12-/m1/s1. The molecule has 2 aliphatic rings. The second-order valence-corrected chi connectivity index (χ2v) is 7.73. The third-order valence-electron chi connectivity index (χ3n) is 5.13. The number of hydrogen-bond donors (Lipinski definition) is 3. The molecule has 3 N–H and O–H groups in total. The summed E-state index contributed by atoms with van der Waals surface area (Å²) in [5.41, 5.74) is 3.37. The van der Waals surface area contributed by atoms with E-state index in [2.05, 4.69) is 25.9 Å². The fourth-order valence-corrected chi connectivity index (χ4v) is 3.73. The number of nitrogens with one attached hydrogen (secondary N) is 3. The molecule has 164 valence electrons. The SMILES string of the molecule is C[C@H]1NC(=O)OCc2ccc(Nc3ncc(Cl)c(Nc4cccc5c4OCCO5)n3)cc21. The largest absolute Gasteiger partial charge is 0.486 e. The molecule has 0 saturated heterocycles. The molecule has 0 aliphatic carbocycles. The highest BCUT2D eigenvalue weighted by molar-refractivity contribution is 6.33. The van der Waals surface area contributed by atoms with Gasteiger partial charge < -0.3 is 30.2 Å². The van der Waals surface area contributed by atoms with Gasteiger partial charge in [-0.1, -0.05) is 23.7 Å². The first-order valence-electron chi connectivity index (χ1n) is 10.1. The van der Waals surface area contributed by atoms with Gasteiger partial charge in [0.15, 0.2) is 17.3 Å². The minimum absolute atomic E-state index is 0.184. The summed E-state index contributed by atoms with van der Waals surface area (Å²) in [5.74, 6) is 2.07. The molecule has 3 heterocycles. The quantitative estimate of drug-likeness (QED) is 0.522. The van der Waals surface area contributed by atoms with E-state index in [1.165, 1.54) is 6.20 Å². The molecule has 1 amide bonds. The number of carbonyl (C=O) groups excluding carboxylic acids is 1. The third kappa shape index (κ3) is 4.06. The maximum absolute atomic E-state index is 11.6. The molecule has 32 heavy (non-hydrogen) atoms. The molecule has 9 nitrogen and oxygen atoms in total. The number of benzene rings is 2. The Morgan fingerprint density at radius 1 is 1.12 bits per heavy atom. The van der Waals surface area contributed by atoms with Crippen LogP contribution in [0.15, 0.2) is 42.6 Å². The van der Waals surface area contributed by atoms with Crippen molar-refractivity contribution < 1.29 is 19.0 Å². The molecule has 0 spiro atoms. The highest BCUT2D eigenvalue weighted by Gasteiger charge is 2.20. The van der Waals surface area contributed by atoms with E-state index in [-0.39, 0.29) is 12.6 Å². The Morgan fingerprint density at radius 3 is 2.91 bits per heavy atom. The highest BCUT2D eigenvalue weighted by atomic mass is 35.5. The number of amides is 1. The molecule has 0 bridgehead atoms. The number of carbonyl (C=O) groups is 1. The molecule has 10 heteroatoms. The van der Waals surface area contributed by atoms with Crippen LogP contribution in [0.25, 0.3) is 0 Å². The van der Waals surface area contributed by atoms with Gasteiger partial charge in [-0.2, -0.15) is 4.98 Å². The monoisotopic (exact) mass is 453 g/mol. The number of nitrogens with zero attached hydrogens (tertiary/aromatic N) is 2. The number of cyclic esters (lactones) is 1. The van der Waals surface area contributed by atoms with Gasteiger partial charge in [0.05, 0.1) is 17.9 Å². The van der Waals surface area contributed by atoms with Crippen LogP contribution in [0.1, 0.15) is 24.1 Å². The van der Waals surface area contributed by atoms with Gasteiger partial charge in [-0.25, -0.2) is 9.78 Å². The zero-order valence-corrected chi connectivity index (χ0v) is 17.9. The minimum atomic E-state index is -0.433. The number of ether oxygens (including phenoxy) is 3. The summed E-state index contributed by atoms with van der Waals surface area (Å²) in [6.07, 6.45) is 1.09. The average Bonchev–Trinajstić information content (AvgIpc) is 2.94. The van der Waals surface area contributed by atoms with Gasteiger partial charge in [0.25, 0.3) is 0 Å². The summed E-state index contributed by atoms with van der Waals surface area (Å²) in [6, 6.07) is 11.1. The lowest BCUT2D eigenvalue weighted by Crippen LogP contribution is -2.24. The van der Waals surface area contributed by atoms with Crippen LogP contribution in [0.3, 0.4) is 0 Å². The Bertz CT molecular complexity index is 1190. The van der Waals surface area contributed by atoms with Crippen molar-refractivity contribution in [3.63, 3.8) is 0 Å². The summed E-state index contributed by atoms with van der Waals surface area (Å²) >= 11 is 6.34. The molecule has 1 atom stereocenters. The van der Waals surface area contributed by atoms with Crippen molar-refractivity contribution in [2.24, 2.45) is 0 Å².